The summed E-state index contributed by atoms with van der Waals surface area (Å²) in [5.74, 6) is -0.874. The molecule has 0 unspecified atom stereocenters. The summed E-state index contributed by atoms with van der Waals surface area (Å²) in [6.45, 7) is 1.47. The number of para-hydroxylation sites is 1. The number of carbonyl (C=O) groups excluding carboxylic acids is 1. The van der Waals surface area contributed by atoms with Gasteiger partial charge in [-0.25, -0.2) is 19.6 Å². The number of nitrogens with zero attached hydrogens (tertiary/aromatic N) is 6. The molecule has 40 heavy (non-hydrogen) atoms. The second-order valence-electron chi connectivity index (χ2n) is 9.31. The van der Waals surface area contributed by atoms with E-state index in [1.54, 1.807) is 35.3 Å². The lowest BCUT2D eigenvalue weighted by Gasteiger charge is -2.17. The number of methoxy groups -OCH3 is 2. The maximum absolute atomic E-state index is 13.9. The number of halogens is 2. The molecule has 4 aromatic rings. The number of rotatable bonds is 11. The summed E-state index contributed by atoms with van der Waals surface area (Å²) in [6.07, 6.45) is 4.26. The summed E-state index contributed by atoms with van der Waals surface area (Å²) in [5.41, 5.74) is 2.97. The van der Waals surface area contributed by atoms with E-state index in [1.165, 1.54) is 19.4 Å². The standard InChI is InChI=1S/C28H28ClFN6O4/c1-38-11-10-35-17-19(27(40-35)18-8-9-31-24(30)13-18)12-22(37)14-23-25(29)26(20-15-32-28(39-2)33-16-20)34-36(23)21-6-4-3-5-7-21/h3-9,13,15-16,19,27H,10-12,14,17H2,1-2H3/t19-,27+/m1/s1. The van der Waals surface area contributed by atoms with Crippen molar-refractivity contribution in [1.29, 1.82) is 0 Å². The number of benzene rings is 1. The Morgan fingerprint density at radius 2 is 1.93 bits per heavy atom. The fraction of sp³-hybridized carbons (Fsp3) is 0.321. The van der Waals surface area contributed by atoms with Crippen LogP contribution in [0.1, 0.15) is 23.8 Å². The molecule has 1 aliphatic rings. The maximum Gasteiger partial charge on any atom is 0.316 e. The average molecular weight is 567 g/mol. The number of Topliss-reactive ketones (excluding diaryl/α,β-unsaturated/α-hetero) is 1. The Bertz CT molecular complexity index is 1450. The van der Waals surface area contributed by atoms with Gasteiger partial charge in [-0.05, 0) is 29.8 Å². The van der Waals surface area contributed by atoms with Crippen LogP contribution in [0.25, 0.3) is 16.9 Å². The van der Waals surface area contributed by atoms with Crippen LogP contribution in [0, 0.1) is 11.9 Å². The number of hydroxylamine groups is 2. The van der Waals surface area contributed by atoms with E-state index < -0.39 is 12.1 Å². The van der Waals surface area contributed by atoms with Gasteiger partial charge in [0, 0.05) is 56.7 Å². The van der Waals surface area contributed by atoms with Crippen LogP contribution in [0.5, 0.6) is 6.01 Å². The SMILES string of the molecule is COCCN1C[C@@H](CC(=O)Cc2c(Cl)c(-c3cnc(OC)nc3)nn2-c2ccccc2)[C@H](c2ccnc(F)c2)O1. The fourth-order valence-corrected chi connectivity index (χ4v) is 5.03. The second kappa shape index (κ2) is 12.6. The van der Waals surface area contributed by atoms with E-state index >= 15 is 0 Å². The number of ketones is 1. The third-order valence-electron chi connectivity index (χ3n) is 6.61. The first kappa shape index (κ1) is 27.8. The summed E-state index contributed by atoms with van der Waals surface area (Å²) >= 11 is 6.85. The Morgan fingerprint density at radius 1 is 1.15 bits per heavy atom. The van der Waals surface area contributed by atoms with Gasteiger partial charge in [0.2, 0.25) is 5.95 Å². The Balaban J connectivity index is 1.42. The molecule has 0 N–H and O–H groups in total. The van der Waals surface area contributed by atoms with Gasteiger partial charge >= 0.3 is 6.01 Å². The average Bonchev–Trinajstić information content (AvgIpc) is 3.52. The van der Waals surface area contributed by atoms with E-state index in [4.69, 9.17) is 31.0 Å². The molecule has 2 atom stereocenters. The first-order valence-electron chi connectivity index (χ1n) is 12.7. The van der Waals surface area contributed by atoms with Gasteiger partial charge in [0.05, 0.1) is 36.5 Å². The van der Waals surface area contributed by atoms with Crippen molar-refractivity contribution in [2.45, 2.75) is 18.9 Å². The smallest absolute Gasteiger partial charge is 0.316 e. The highest BCUT2D eigenvalue weighted by atomic mass is 35.5. The van der Waals surface area contributed by atoms with Crippen LogP contribution in [-0.4, -0.2) is 69.5 Å². The van der Waals surface area contributed by atoms with Crippen LogP contribution in [0.15, 0.2) is 61.1 Å². The highest BCUT2D eigenvalue weighted by Crippen LogP contribution is 2.37. The summed E-state index contributed by atoms with van der Waals surface area (Å²) < 4.78 is 25.8. The van der Waals surface area contributed by atoms with Crippen LogP contribution in [-0.2, 0) is 20.8 Å². The van der Waals surface area contributed by atoms with Gasteiger partial charge in [0.25, 0.3) is 0 Å². The van der Waals surface area contributed by atoms with Crippen LogP contribution >= 0.6 is 11.6 Å². The molecule has 0 aliphatic carbocycles. The molecular formula is C28H28ClFN6O4. The molecule has 3 aromatic heterocycles. The Morgan fingerprint density at radius 3 is 2.62 bits per heavy atom. The van der Waals surface area contributed by atoms with E-state index in [0.29, 0.717) is 47.2 Å². The molecular weight excluding hydrogens is 539 g/mol. The van der Waals surface area contributed by atoms with Crippen molar-refractivity contribution in [3.8, 4) is 23.0 Å². The van der Waals surface area contributed by atoms with Crippen molar-refractivity contribution >= 4 is 17.4 Å². The minimum atomic E-state index is -0.602. The zero-order valence-corrected chi connectivity index (χ0v) is 22.8. The molecule has 0 radical (unpaired) electrons. The van der Waals surface area contributed by atoms with E-state index in [1.807, 2.05) is 30.3 Å². The lowest BCUT2D eigenvalue weighted by atomic mass is 9.91. The molecule has 1 saturated heterocycles. The molecule has 0 spiro atoms. The molecule has 1 aliphatic heterocycles. The van der Waals surface area contributed by atoms with Crippen molar-refractivity contribution < 1.29 is 23.5 Å². The first-order chi connectivity index (χ1) is 19.5. The van der Waals surface area contributed by atoms with Gasteiger partial charge in [-0.1, -0.05) is 29.8 Å². The van der Waals surface area contributed by atoms with Crippen molar-refractivity contribution in [1.82, 2.24) is 29.8 Å². The monoisotopic (exact) mass is 566 g/mol. The molecule has 1 aromatic carbocycles. The number of carbonyl (C=O) groups is 1. The van der Waals surface area contributed by atoms with Crippen molar-refractivity contribution in [3.05, 3.63) is 83.3 Å². The van der Waals surface area contributed by atoms with Crippen LogP contribution in [0.2, 0.25) is 5.02 Å². The van der Waals surface area contributed by atoms with Gasteiger partial charge in [-0.2, -0.15) is 14.6 Å². The lowest BCUT2D eigenvalue weighted by Crippen LogP contribution is -2.24. The second-order valence-corrected chi connectivity index (χ2v) is 9.69. The van der Waals surface area contributed by atoms with Gasteiger partial charge in [-0.15, -0.1) is 0 Å². The molecule has 0 saturated carbocycles. The molecule has 12 heteroatoms. The van der Waals surface area contributed by atoms with Crippen LogP contribution in [0.3, 0.4) is 0 Å². The largest absolute Gasteiger partial charge is 0.467 e. The number of aromatic nitrogens is 5. The van der Waals surface area contributed by atoms with E-state index in [9.17, 15) is 9.18 Å². The highest BCUT2D eigenvalue weighted by molar-refractivity contribution is 6.34. The molecule has 5 rings (SSSR count). The first-order valence-corrected chi connectivity index (χ1v) is 13.1. The summed E-state index contributed by atoms with van der Waals surface area (Å²) in [6, 6.07) is 12.7. The number of ether oxygens (including phenoxy) is 2. The van der Waals surface area contributed by atoms with Crippen LogP contribution in [0.4, 0.5) is 4.39 Å². The van der Waals surface area contributed by atoms with Gasteiger partial charge in [0.15, 0.2) is 0 Å². The number of pyridine rings is 1. The fourth-order valence-electron chi connectivity index (χ4n) is 4.73. The number of hydrogen-bond donors (Lipinski definition) is 0. The molecule has 208 valence electrons. The third kappa shape index (κ3) is 6.18. The summed E-state index contributed by atoms with van der Waals surface area (Å²) in [7, 11) is 3.09. The maximum atomic E-state index is 13.9. The topological polar surface area (TPSA) is 104 Å². The predicted octanol–water partition coefficient (Wildman–Crippen LogP) is 4.28. The predicted molar refractivity (Wildman–Crippen MR) is 144 cm³/mol. The van der Waals surface area contributed by atoms with E-state index in [2.05, 4.69) is 15.0 Å². The van der Waals surface area contributed by atoms with Gasteiger partial charge < -0.3 is 9.47 Å². The normalized spacial score (nSPS) is 17.3. The Kier molecular flexibility index (Phi) is 8.75. The minimum absolute atomic E-state index is 0.0315. The zero-order chi connectivity index (χ0) is 28.1. The summed E-state index contributed by atoms with van der Waals surface area (Å²) in [5, 5.41) is 6.82. The molecule has 1 fully saturated rings. The quantitative estimate of drug-likeness (QED) is 0.246. The van der Waals surface area contributed by atoms with E-state index in [-0.39, 0.29) is 30.6 Å². The van der Waals surface area contributed by atoms with Crippen molar-refractivity contribution in [2.24, 2.45) is 5.92 Å². The molecule has 0 bridgehead atoms. The number of hydrogen-bond acceptors (Lipinski definition) is 9. The molecule has 4 heterocycles. The van der Waals surface area contributed by atoms with E-state index in [0.717, 1.165) is 5.69 Å². The lowest BCUT2D eigenvalue weighted by molar-refractivity contribution is -0.155. The molecule has 0 amide bonds. The highest BCUT2D eigenvalue weighted by Gasteiger charge is 2.37. The molecule has 10 nitrogen and oxygen atoms in total. The zero-order valence-electron chi connectivity index (χ0n) is 22.0. The van der Waals surface area contributed by atoms with Crippen LogP contribution < -0.4 is 4.74 Å². The van der Waals surface area contributed by atoms with Crippen molar-refractivity contribution in [2.75, 3.05) is 33.9 Å². The van der Waals surface area contributed by atoms with Gasteiger partial charge in [-0.3, -0.25) is 9.63 Å². The Labute approximate surface area is 235 Å². The summed E-state index contributed by atoms with van der Waals surface area (Å²) in [4.78, 5) is 31.6. The van der Waals surface area contributed by atoms with Crippen molar-refractivity contribution in [3.63, 3.8) is 0 Å². The Hall–Kier alpha value is -3.77. The van der Waals surface area contributed by atoms with Gasteiger partial charge in [0.1, 0.15) is 17.6 Å². The minimum Gasteiger partial charge on any atom is -0.467 e. The third-order valence-corrected chi connectivity index (χ3v) is 7.01.